The molecule has 1 aliphatic heterocycles. The van der Waals surface area contributed by atoms with Gasteiger partial charge in [0.25, 0.3) is 0 Å². The molecule has 0 saturated carbocycles. The lowest BCUT2D eigenvalue weighted by atomic mass is 10.1. The van der Waals surface area contributed by atoms with E-state index in [-0.39, 0.29) is 0 Å². The Balaban J connectivity index is 2.59. The predicted molar refractivity (Wildman–Crippen MR) is 69.2 cm³/mol. The smallest absolute Gasteiger partial charge is 0.232 e. The summed E-state index contributed by atoms with van der Waals surface area (Å²) in [6, 6.07) is 6.96. The SMILES string of the molecule is Cc1c2oc3cccc(C)c3[nH]c-2cc(=O)c1=O. The lowest BCUT2D eigenvalue weighted by Gasteiger charge is -2.10. The maximum Gasteiger partial charge on any atom is 0.232 e. The van der Waals surface area contributed by atoms with Gasteiger partial charge in [0.15, 0.2) is 11.3 Å². The van der Waals surface area contributed by atoms with Crippen LogP contribution in [0.25, 0.3) is 22.6 Å². The van der Waals surface area contributed by atoms with Crippen molar-refractivity contribution in [2.75, 3.05) is 0 Å². The fourth-order valence-corrected chi connectivity index (χ4v) is 2.11. The zero-order chi connectivity index (χ0) is 12.9. The van der Waals surface area contributed by atoms with Crippen LogP contribution in [0.2, 0.25) is 0 Å². The largest absolute Gasteiger partial charge is 0.453 e. The van der Waals surface area contributed by atoms with Crippen LogP contribution in [0.3, 0.4) is 0 Å². The van der Waals surface area contributed by atoms with Crippen LogP contribution in [-0.2, 0) is 0 Å². The topological polar surface area (TPSA) is 63.1 Å². The minimum atomic E-state index is -0.514. The molecule has 1 N–H and O–H groups in total. The highest BCUT2D eigenvalue weighted by Crippen LogP contribution is 2.26. The predicted octanol–water partition coefficient (Wildman–Crippen LogP) is 2.20. The molecule has 1 aromatic carbocycles. The number of rotatable bonds is 0. The van der Waals surface area contributed by atoms with Gasteiger partial charge in [-0.1, -0.05) is 12.1 Å². The molecule has 1 heterocycles. The number of H-pyrrole nitrogens is 1. The van der Waals surface area contributed by atoms with Crippen LogP contribution in [0.15, 0.2) is 38.3 Å². The van der Waals surface area contributed by atoms with E-state index in [4.69, 9.17) is 4.42 Å². The number of fused-ring (bicyclic) bond motifs is 2. The van der Waals surface area contributed by atoms with Crippen LogP contribution < -0.4 is 10.9 Å². The van der Waals surface area contributed by atoms with Crippen molar-refractivity contribution >= 4 is 11.1 Å². The van der Waals surface area contributed by atoms with Gasteiger partial charge >= 0.3 is 0 Å². The molecule has 2 aliphatic rings. The van der Waals surface area contributed by atoms with Gasteiger partial charge in [0.2, 0.25) is 10.9 Å². The average Bonchev–Trinajstić information content (AvgIpc) is 2.36. The third-order valence-electron chi connectivity index (χ3n) is 3.13. The lowest BCUT2D eigenvalue weighted by molar-refractivity contribution is 0.607. The summed E-state index contributed by atoms with van der Waals surface area (Å²) in [5, 5.41) is 0. The molecule has 4 nitrogen and oxygen atoms in total. The van der Waals surface area contributed by atoms with Crippen molar-refractivity contribution in [1.29, 1.82) is 0 Å². The summed E-state index contributed by atoms with van der Waals surface area (Å²) in [4.78, 5) is 26.3. The fraction of sp³-hybridized carbons (Fsp3) is 0.143. The van der Waals surface area contributed by atoms with E-state index < -0.39 is 10.9 Å². The van der Waals surface area contributed by atoms with Gasteiger partial charge in [-0.25, -0.2) is 0 Å². The van der Waals surface area contributed by atoms with E-state index in [0.717, 1.165) is 11.1 Å². The van der Waals surface area contributed by atoms with Crippen LogP contribution in [0, 0.1) is 13.8 Å². The van der Waals surface area contributed by atoms with Crippen LogP contribution in [-0.4, -0.2) is 4.98 Å². The van der Waals surface area contributed by atoms with Gasteiger partial charge in [0.1, 0.15) is 0 Å². The minimum absolute atomic E-state index is 0.345. The van der Waals surface area contributed by atoms with Gasteiger partial charge < -0.3 is 9.40 Å². The molecular weight excluding hydrogens is 230 g/mol. The maximum absolute atomic E-state index is 11.6. The number of aromatic amines is 1. The van der Waals surface area contributed by atoms with Crippen molar-refractivity contribution in [2.45, 2.75) is 13.8 Å². The molecule has 0 bridgehead atoms. The third kappa shape index (κ3) is 1.39. The lowest BCUT2D eigenvalue weighted by Crippen LogP contribution is -2.26. The van der Waals surface area contributed by atoms with E-state index in [1.165, 1.54) is 6.07 Å². The first-order valence-electron chi connectivity index (χ1n) is 5.64. The summed E-state index contributed by atoms with van der Waals surface area (Å²) < 4.78 is 5.72. The third-order valence-corrected chi connectivity index (χ3v) is 3.13. The first-order valence-corrected chi connectivity index (χ1v) is 5.64. The number of para-hydroxylation sites is 1. The monoisotopic (exact) mass is 241 g/mol. The van der Waals surface area contributed by atoms with Crippen LogP contribution in [0.1, 0.15) is 11.1 Å². The van der Waals surface area contributed by atoms with Crippen molar-refractivity contribution in [3.05, 3.63) is 55.8 Å². The highest BCUT2D eigenvalue weighted by atomic mass is 16.3. The number of nitrogens with one attached hydrogen (secondary N) is 1. The van der Waals surface area contributed by atoms with Gasteiger partial charge in [-0.3, -0.25) is 9.59 Å². The van der Waals surface area contributed by atoms with Crippen molar-refractivity contribution in [3.8, 4) is 11.5 Å². The second-order valence-electron chi connectivity index (χ2n) is 4.38. The standard InChI is InChI=1S/C14H11NO3/c1-7-4-3-5-11-12(7)15-9-6-10(16)13(17)8(2)14(9)18-11/h3-6,15H,1-2H3. The first-order chi connectivity index (χ1) is 8.58. The number of hydrogen-bond donors (Lipinski definition) is 1. The Bertz CT molecular complexity index is 842. The molecule has 0 radical (unpaired) electrons. The summed E-state index contributed by atoms with van der Waals surface area (Å²) >= 11 is 0. The molecule has 90 valence electrons. The maximum atomic E-state index is 11.6. The molecule has 1 aliphatic carbocycles. The van der Waals surface area contributed by atoms with Crippen molar-refractivity contribution in [3.63, 3.8) is 0 Å². The van der Waals surface area contributed by atoms with Crippen LogP contribution in [0.4, 0.5) is 0 Å². The molecule has 0 fully saturated rings. The quantitative estimate of drug-likeness (QED) is 0.484. The van der Waals surface area contributed by atoms with E-state index in [1.54, 1.807) is 6.92 Å². The van der Waals surface area contributed by atoms with Gasteiger partial charge in [0, 0.05) is 11.6 Å². The highest BCUT2D eigenvalue weighted by Gasteiger charge is 2.15. The molecule has 3 rings (SSSR count). The van der Waals surface area contributed by atoms with Crippen molar-refractivity contribution in [1.82, 2.24) is 4.98 Å². The Kier molecular flexibility index (Phi) is 2.13. The fourth-order valence-electron chi connectivity index (χ4n) is 2.11. The molecule has 18 heavy (non-hydrogen) atoms. The van der Waals surface area contributed by atoms with Gasteiger partial charge in [-0.05, 0) is 25.5 Å². The number of hydrogen-bond acceptors (Lipinski definition) is 3. The van der Waals surface area contributed by atoms with E-state index in [9.17, 15) is 9.59 Å². The Labute approximate surface area is 102 Å². The van der Waals surface area contributed by atoms with Gasteiger partial charge in [-0.2, -0.15) is 0 Å². The van der Waals surface area contributed by atoms with E-state index in [0.29, 0.717) is 22.6 Å². The van der Waals surface area contributed by atoms with Crippen LogP contribution >= 0.6 is 0 Å². The van der Waals surface area contributed by atoms with E-state index in [1.807, 2.05) is 25.1 Å². The van der Waals surface area contributed by atoms with E-state index >= 15 is 0 Å². The Morgan fingerprint density at radius 2 is 1.94 bits per heavy atom. The average molecular weight is 241 g/mol. The van der Waals surface area contributed by atoms with Crippen molar-refractivity contribution in [2.24, 2.45) is 0 Å². The summed E-state index contributed by atoms with van der Waals surface area (Å²) in [7, 11) is 0. The zero-order valence-corrected chi connectivity index (χ0v) is 10.0. The number of aryl methyl sites for hydroxylation is 1. The normalized spacial score (nSPS) is 11.2. The first kappa shape index (κ1) is 10.8. The van der Waals surface area contributed by atoms with Gasteiger partial charge in [-0.15, -0.1) is 0 Å². The van der Waals surface area contributed by atoms with Crippen LogP contribution in [0.5, 0.6) is 0 Å². The van der Waals surface area contributed by atoms with E-state index in [2.05, 4.69) is 4.98 Å². The molecule has 0 saturated heterocycles. The number of aromatic nitrogens is 1. The van der Waals surface area contributed by atoms with Crippen molar-refractivity contribution < 1.29 is 4.42 Å². The Hall–Kier alpha value is -2.36. The van der Waals surface area contributed by atoms with Gasteiger partial charge in [0.05, 0.1) is 11.2 Å². The zero-order valence-electron chi connectivity index (χ0n) is 10.0. The molecule has 0 unspecified atom stereocenters. The molecule has 0 spiro atoms. The summed E-state index contributed by atoms with van der Waals surface area (Å²) in [6.07, 6.45) is 0. The molecule has 0 atom stereocenters. The molecule has 0 amide bonds. The highest BCUT2D eigenvalue weighted by molar-refractivity contribution is 5.79. The Morgan fingerprint density at radius 3 is 2.72 bits per heavy atom. The second kappa shape index (κ2) is 3.57. The summed E-state index contributed by atoms with van der Waals surface area (Å²) in [6.45, 7) is 3.55. The number of benzene rings is 2. The second-order valence-corrected chi connectivity index (χ2v) is 4.38. The summed E-state index contributed by atoms with van der Waals surface area (Å²) in [5.41, 5.74) is 2.41. The minimum Gasteiger partial charge on any atom is -0.453 e. The molecule has 1 aromatic rings. The Morgan fingerprint density at radius 1 is 1.17 bits per heavy atom. The molecule has 0 aromatic heterocycles. The molecular formula is C14H11NO3. The molecule has 4 heteroatoms. The summed E-state index contributed by atoms with van der Waals surface area (Å²) in [5.74, 6) is 0.442.